The van der Waals surface area contributed by atoms with E-state index in [2.05, 4.69) is 0 Å². The first kappa shape index (κ1) is 12.8. The molecule has 1 saturated heterocycles. The molecule has 1 unspecified atom stereocenters. The molecule has 15 heavy (non-hydrogen) atoms. The van der Waals surface area contributed by atoms with Gasteiger partial charge in [-0.3, -0.25) is 4.79 Å². The molecule has 0 saturated carbocycles. The Labute approximate surface area is 95.9 Å². The minimum absolute atomic E-state index is 0.162. The summed E-state index contributed by atoms with van der Waals surface area (Å²) >= 11 is 1.76. The van der Waals surface area contributed by atoms with Gasteiger partial charge >= 0.3 is 5.97 Å². The fourth-order valence-electron chi connectivity index (χ4n) is 1.04. The molecule has 3 nitrogen and oxygen atoms in total. The average Bonchev–Trinajstić information content (AvgIpc) is 2.18. The summed E-state index contributed by atoms with van der Waals surface area (Å²) in [5, 5.41) is 0. The topological polar surface area (TPSA) is 35.5 Å². The standard InChI is InChI=1S/C11H20O3S/c1-8(2)11(3,4)10(12)14-9-7-15-6-5-13-9/h8-9H,5-7H2,1-4H3. The first-order chi connectivity index (χ1) is 6.94. The SMILES string of the molecule is CC(C)C(C)(C)C(=O)OC1CSCCO1. The van der Waals surface area contributed by atoms with Crippen molar-refractivity contribution in [2.24, 2.45) is 11.3 Å². The quantitative estimate of drug-likeness (QED) is 0.699. The van der Waals surface area contributed by atoms with Gasteiger partial charge in [0.1, 0.15) is 0 Å². The Morgan fingerprint density at radius 1 is 1.53 bits per heavy atom. The van der Waals surface area contributed by atoms with Crippen LogP contribution >= 0.6 is 11.8 Å². The molecule has 1 atom stereocenters. The molecule has 1 heterocycles. The fraction of sp³-hybridized carbons (Fsp3) is 0.909. The number of carbonyl (C=O) groups is 1. The van der Waals surface area contributed by atoms with Gasteiger partial charge in [-0.05, 0) is 19.8 Å². The molecule has 0 amide bonds. The molecule has 1 fully saturated rings. The molecule has 0 aromatic heterocycles. The zero-order valence-electron chi connectivity index (χ0n) is 9.91. The van der Waals surface area contributed by atoms with Crippen molar-refractivity contribution in [1.29, 1.82) is 0 Å². The van der Waals surface area contributed by atoms with Crippen molar-refractivity contribution in [3.8, 4) is 0 Å². The van der Waals surface area contributed by atoms with Crippen LogP contribution in [0.4, 0.5) is 0 Å². The Hall–Kier alpha value is -0.220. The predicted molar refractivity (Wildman–Crippen MR) is 61.8 cm³/mol. The summed E-state index contributed by atoms with van der Waals surface area (Å²) in [6.45, 7) is 8.55. The highest BCUT2D eigenvalue weighted by Crippen LogP contribution is 2.29. The van der Waals surface area contributed by atoms with Crippen molar-refractivity contribution in [2.45, 2.75) is 34.0 Å². The van der Waals surface area contributed by atoms with E-state index in [9.17, 15) is 4.79 Å². The Morgan fingerprint density at radius 2 is 2.20 bits per heavy atom. The fourth-order valence-corrected chi connectivity index (χ4v) is 1.78. The van der Waals surface area contributed by atoms with Crippen LogP contribution in [0, 0.1) is 11.3 Å². The summed E-state index contributed by atoms with van der Waals surface area (Å²) in [5.41, 5.74) is -0.439. The van der Waals surface area contributed by atoms with Gasteiger partial charge in [0.25, 0.3) is 0 Å². The van der Waals surface area contributed by atoms with Crippen LogP contribution in [0.3, 0.4) is 0 Å². The molecule has 0 spiro atoms. The number of carbonyl (C=O) groups excluding carboxylic acids is 1. The molecule has 0 bridgehead atoms. The van der Waals surface area contributed by atoms with Crippen molar-refractivity contribution < 1.29 is 14.3 Å². The molecular formula is C11H20O3S. The Bertz CT molecular complexity index is 220. The van der Waals surface area contributed by atoms with Crippen molar-refractivity contribution in [1.82, 2.24) is 0 Å². The van der Waals surface area contributed by atoms with Gasteiger partial charge in [0.05, 0.1) is 17.8 Å². The van der Waals surface area contributed by atoms with Crippen LogP contribution in [0.1, 0.15) is 27.7 Å². The maximum Gasteiger partial charge on any atom is 0.314 e. The van der Waals surface area contributed by atoms with Crippen LogP contribution < -0.4 is 0 Å². The lowest BCUT2D eigenvalue weighted by molar-refractivity contribution is -0.185. The van der Waals surface area contributed by atoms with E-state index >= 15 is 0 Å². The largest absolute Gasteiger partial charge is 0.434 e. The molecule has 0 aromatic carbocycles. The molecule has 0 aliphatic carbocycles. The van der Waals surface area contributed by atoms with Crippen LogP contribution in [0.5, 0.6) is 0 Å². The molecular weight excluding hydrogens is 212 g/mol. The minimum atomic E-state index is -0.439. The lowest BCUT2D eigenvalue weighted by atomic mass is 9.81. The van der Waals surface area contributed by atoms with Crippen molar-refractivity contribution >= 4 is 17.7 Å². The average molecular weight is 232 g/mol. The van der Waals surface area contributed by atoms with Gasteiger partial charge in [-0.1, -0.05) is 13.8 Å². The van der Waals surface area contributed by atoms with E-state index in [0.717, 1.165) is 11.5 Å². The van der Waals surface area contributed by atoms with Crippen LogP contribution in [0.15, 0.2) is 0 Å². The highest BCUT2D eigenvalue weighted by molar-refractivity contribution is 7.99. The smallest absolute Gasteiger partial charge is 0.314 e. The zero-order chi connectivity index (χ0) is 11.5. The van der Waals surface area contributed by atoms with Crippen LogP contribution in [-0.2, 0) is 14.3 Å². The van der Waals surface area contributed by atoms with E-state index in [1.54, 1.807) is 11.8 Å². The summed E-state index contributed by atoms with van der Waals surface area (Å²) in [6.07, 6.45) is -0.353. The molecule has 1 aliphatic rings. The van der Waals surface area contributed by atoms with E-state index in [-0.39, 0.29) is 18.2 Å². The van der Waals surface area contributed by atoms with Gasteiger partial charge in [-0.15, -0.1) is 0 Å². The van der Waals surface area contributed by atoms with Crippen molar-refractivity contribution in [3.63, 3.8) is 0 Å². The summed E-state index contributed by atoms with van der Waals surface area (Å²) in [6, 6.07) is 0. The van der Waals surface area contributed by atoms with E-state index in [4.69, 9.17) is 9.47 Å². The second-order valence-corrected chi connectivity index (χ2v) is 5.81. The molecule has 4 heteroatoms. The zero-order valence-corrected chi connectivity index (χ0v) is 10.7. The minimum Gasteiger partial charge on any atom is -0.434 e. The van der Waals surface area contributed by atoms with Gasteiger partial charge in [-0.25, -0.2) is 0 Å². The Morgan fingerprint density at radius 3 is 2.67 bits per heavy atom. The molecule has 1 rings (SSSR count). The lowest BCUT2D eigenvalue weighted by Crippen LogP contribution is -2.37. The Balaban J connectivity index is 2.46. The lowest BCUT2D eigenvalue weighted by Gasteiger charge is -2.30. The van der Waals surface area contributed by atoms with Crippen LogP contribution in [-0.4, -0.2) is 30.4 Å². The van der Waals surface area contributed by atoms with Crippen LogP contribution in [0.25, 0.3) is 0 Å². The predicted octanol–water partition coefficient (Wildman–Crippen LogP) is 2.30. The number of esters is 1. The monoisotopic (exact) mass is 232 g/mol. The normalized spacial score (nSPS) is 22.9. The molecule has 0 aromatic rings. The van der Waals surface area contributed by atoms with E-state index in [1.165, 1.54) is 0 Å². The number of thioether (sulfide) groups is 1. The Kier molecular flexibility index (Phi) is 4.46. The summed E-state index contributed by atoms with van der Waals surface area (Å²) in [4.78, 5) is 11.9. The van der Waals surface area contributed by atoms with Gasteiger partial charge in [0.15, 0.2) is 0 Å². The van der Waals surface area contributed by atoms with Crippen LogP contribution in [0.2, 0.25) is 0 Å². The number of hydrogen-bond acceptors (Lipinski definition) is 4. The second-order valence-electron chi connectivity index (χ2n) is 4.66. The summed E-state index contributed by atoms with van der Waals surface area (Å²) in [7, 11) is 0. The number of ether oxygens (including phenoxy) is 2. The highest BCUT2D eigenvalue weighted by Gasteiger charge is 2.35. The third kappa shape index (κ3) is 3.38. The van der Waals surface area contributed by atoms with Gasteiger partial charge in [0.2, 0.25) is 6.29 Å². The van der Waals surface area contributed by atoms with Gasteiger partial charge in [0, 0.05) is 5.75 Å². The van der Waals surface area contributed by atoms with Gasteiger partial charge < -0.3 is 9.47 Å². The maximum atomic E-state index is 11.9. The summed E-state index contributed by atoms with van der Waals surface area (Å²) in [5.74, 6) is 1.84. The van der Waals surface area contributed by atoms with E-state index < -0.39 is 5.41 Å². The number of hydrogen-bond donors (Lipinski definition) is 0. The van der Waals surface area contributed by atoms with E-state index in [0.29, 0.717) is 6.61 Å². The third-order valence-electron chi connectivity index (χ3n) is 2.99. The first-order valence-electron chi connectivity index (χ1n) is 5.35. The van der Waals surface area contributed by atoms with Crippen molar-refractivity contribution in [2.75, 3.05) is 18.1 Å². The number of rotatable bonds is 3. The van der Waals surface area contributed by atoms with Gasteiger partial charge in [-0.2, -0.15) is 11.8 Å². The highest BCUT2D eigenvalue weighted by atomic mass is 32.2. The second kappa shape index (κ2) is 5.21. The molecule has 1 aliphatic heterocycles. The summed E-state index contributed by atoms with van der Waals surface area (Å²) < 4.78 is 10.7. The first-order valence-corrected chi connectivity index (χ1v) is 6.50. The molecule has 0 radical (unpaired) electrons. The molecule has 88 valence electrons. The van der Waals surface area contributed by atoms with Crippen molar-refractivity contribution in [3.05, 3.63) is 0 Å². The molecule has 0 N–H and O–H groups in total. The third-order valence-corrected chi connectivity index (χ3v) is 3.96. The van der Waals surface area contributed by atoms with E-state index in [1.807, 2.05) is 27.7 Å². The maximum absolute atomic E-state index is 11.9.